The Kier molecular flexibility index (Phi) is 5.22. The molecule has 1 atom stereocenters. The Hall–Kier alpha value is -1.70. The molecule has 1 N–H and O–H groups in total. The molecule has 10 heteroatoms. The highest BCUT2D eigenvalue weighted by Gasteiger charge is 2.59. The molecule has 1 aliphatic rings. The van der Waals surface area contributed by atoms with Gasteiger partial charge in [-0.05, 0) is 42.3 Å². The van der Waals surface area contributed by atoms with Crippen molar-refractivity contribution >= 4 is 46.6 Å². The zero-order valence-corrected chi connectivity index (χ0v) is 15.8. The van der Waals surface area contributed by atoms with Gasteiger partial charge in [0.2, 0.25) is 0 Å². The number of anilines is 1. The third-order valence-corrected chi connectivity index (χ3v) is 5.34. The van der Waals surface area contributed by atoms with E-state index in [9.17, 15) is 18.0 Å². The second-order valence-corrected chi connectivity index (χ2v) is 7.45. The number of nitrogens with zero attached hydrogens (tertiary/aromatic N) is 2. The fourth-order valence-electron chi connectivity index (χ4n) is 3.23. The lowest BCUT2D eigenvalue weighted by Crippen LogP contribution is -2.45. The minimum Gasteiger partial charge on any atom is -0.478 e. The van der Waals surface area contributed by atoms with E-state index >= 15 is 0 Å². The number of rotatable bonds is 3. The van der Waals surface area contributed by atoms with Crippen LogP contribution >= 0.6 is 34.8 Å². The number of aromatic nitrogens is 1. The van der Waals surface area contributed by atoms with Gasteiger partial charge in [0.1, 0.15) is 16.4 Å². The molecule has 0 bridgehead atoms. The molecule has 2 heterocycles. The molecule has 1 aromatic carbocycles. The van der Waals surface area contributed by atoms with Crippen molar-refractivity contribution in [1.29, 1.82) is 0 Å². The number of hydrogen-bond donors (Lipinski definition) is 1. The first-order valence-electron chi connectivity index (χ1n) is 7.71. The van der Waals surface area contributed by atoms with Crippen LogP contribution in [0, 0.1) is 0 Å². The molecule has 1 aliphatic heterocycles. The fraction of sp³-hybridized carbons (Fsp3) is 0.294. The highest BCUT2D eigenvalue weighted by atomic mass is 35.5. The number of carbonyl (C=O) groups is 1. The van der Waals surface area contributed by atoms with Crippen LogP contribution in [0.2, 0.25) is 15.2 Å². The molecule has 27 heavy (non-hydrogen) atoms. The highest BCUT2D eigenvalue weighted by molar-refractivity contribution is 6.34. The molecular formula is C17H12Cl3F3N2O2. The number of aromatic carboxylic acids is 1. The SMILES string of the molecule is O=C(O)c1ccc(N2CCC(c3cc(Cl)cc(Cl)c3)(C(F)(F)F)C2)nc1Cl. The van der Waals surface area contributed by atoms with E-state index in [1.54, 1.807) is 0 Å². The summed E-state index contributed by atoms with van der Waals surface area (Å²) in [5.41, 5.74) is -2.42. The predicted octanol–water partition coefficient (Wildman–Crippen LogP) is 5.45. The van der Waals surface area contributed by atoms with E-state index in [2.05, 4.69) is 4.98 Å². The Balaban J connectivity index is 2.01. The normalized spacial score (nSPS) is 20.1. The molecular weight excluding hydrogens is 428 g/mol. The van der Waals surface area contributed by atoms with Crippen LogP contribution in [0.3, 0.4) is 0 Å². The van der Waals surface area contributed by atoms with E-state index in [0.717, 1.165) is 0 Å². The van der Waals surface area contributed by atoms with Gasteiger partial charge < -0.3 is 10.0 Å². The van der Waals surface area contributed by atoms with Crippen molar-refractivity contribution in [1.82, 2.24) is 4.98 Å². The van der Waals surface area contributed by atoms with Crippen LogP contribution in [-0.2, 0) is 5.41 Å². The Bertz CT molecular complexity index is 887. The summed E-state index contributed by atoms with van der Waals surface area (Å²) in [4.78, 5) is 16.4. The van der Waals surface area contributed by atoms with E-state index in [1.807, 2.05) is 0 Å². The van der Waals surface area contributed by atoms with E-state index in [1.165, 1.54) is 35.2 Å². The van der Waals surface area contributed by atoms with Crippen molar-refractivity contribution in [2.24, 2.45) is 0 Å². The average Bonchev–Trinajstić information content (AvgIpc) is 3.00. The molecule has 1 saturated heterocycles. The highest BCUT2D eigenvalue weighted by Crippen LogP contribution is 2.49. The first-order valence-corrected chi connectivity index (χ1v) is 8.85. The number of pyridine rings is 1. The predicted molar refractivity (Wildman–Crippen MR) is 97.2 cm³/mol. The van der Waals surface area contributed by atoms with Crippen LogP contribution < -0.4 is 4.90 Å². The summed E-state index contributed by atoms with van der Waals surface area (Å²) < 4.78 is 42.2. The molecule has 2 aromatic rings. The number of halogens is 6. The van der Waals surface area contributed by atoms with E-state index in [-0.39, 0.29) is 45.1 Å². The van der Waals surface area contributed by atoms with Gasteiger partial charge in [-0.25, -0.2) is 9.78 Å². The molecule has 144 valence electrons. The zero-order valence-electron chi connectivity index (χ0n) is 13.5. The lowest BCUT2D eigenvalue weighted by Gasteiger charge is -2.32. The Morgan fingerprint density at radius 2 is 1.78 bits per heavy atom. The molecule has 1 aromatic heterocycles. The molecule has 1 fully saturated rings. The average molecular weight is 440 g/mol. The molecule has 0 saturated carbocycles. The monoisotopic (exact) mass is 438 g/mol. The van der Waals surface area contributed by atoms with Gasteiger partial charge in [-0.1, -0.05) is 34.8 Å². The smallest absolute Gasteiger partial charge is 0.400 e. The summed E-state index contributed by atoms with van der Waals surface area (Å²) >= 11 is 17.7. The number of carboxylic acid groups (broad SMARTS) is 1. The van der Waals surface area contributed by atoms with Crippen LogP contribution in [0.25, 0.3) is 0 Å². The van der Waals surface area contributed by atoms with Crippen LogP contribution in [0.1, 0.15) is 22.3 Å². The summed E-state index contributed by atoms with van der Waals surface area (Å²) in [7, 11) is 0. The van der Waals surface area contributed by atoms with Gasteiger partial charge in [0.15, 0.2) is 0 Å². The second-order valence-electron chi connectivity index (χ2n) is 6.22. The minimum absolute atomic E-state index is 0.0248. The van der Waals surface area contributed by atoms with Crippen molar-refractivity contribution in [3.8, 4) is 0 Å². The van der Waals surface area contributed by atoms with Crippen molar-refractivity contribution in [3.05, 3.63) is 56.7 Å². The number of carboxylic acids is 1. The lowest BCUT2D eigenvalue weighted by atomic mass is 9.79. The van der Waals surface area contributed by atoms with Crippen LogP contribution in [0.15, 0.2) is 30.3 Å². The lowest BCUT2D eigenvalue weighted by molar-refractivity contribution is -0.184. The number of alkyl halides is 3. The van der Waals surface area contributed by atoms with Gasteiger partial charge in [-0.2, -0.15) is 13.2 Å². The van der Waals surface area contributed by atoms with E-state index in [4.69, 9.17) is 39.9 Å². The summed E-state index contributed by atoms with van der Waals surface area (Å²) in [5.74, 6) is -1.09. The van der Waals surface area contributed by atoms with E-state index in [0.29, 0.717) is 0 Å². The first kappa shape index (κ1) is 20.0. The zero-order chi connectivity index (χ0) is 20.0. The van der Waals surface area contributed by atoms with Crippen molar-refractivity contribution < 1.29 is 23.1 Å². The molecule has 3 rings (SSSR count). The fourth-order valence-corrected chi connectivity index (χ4v) is 3.98. The van der Waals surface area contributed by atoms with Crippen molar-refractivity contribution in [3.63, 3.8) is 0 Å². The summed E-state index contributed by atoms with van der Waals surface area (Å²) in [5, 5.41) is 8.95. The van der Waals surface area contributed by atoms with Crippen molar-refractivity contribution in [2.75, 3.05) is 18.0 Å². The first-order chi connectivity index (χ1) is 12.5. The number of hydrogen-bond acceptors (Lipinski definition) is 3. The molecule has 0 aliphatic carbocycles. The largest absolute Gasteiger partial charge is 0.478 e. The van der Waals surface area contributed by atoms with Gasteiger partial charge in [-0.15, -0.1) is 0 Å². The standard InChI is InChI=1S/C17H12Cl3F3N2O2/c18-10-5-9(6-11(19)7-10)16(17(21,22)23)3-4-25(8-16)13-2-1-12(15(26)27)14(20)24-13/h1-2,5-7H,3-4,8H2,(H,26,27). The summed E-state index contributed by atoms with van der Waals surface area (Å²) in [6.45, 7) is -0.359. The molecule has 1 unspecified atom stereocenters. The maximum Gasteiger partial charge on any atom is 0.400 e. The van der Waals surface area contributed by atoms with Gasteiger partial charge in [0, 0.05) is 23.1 Å². The van der Waals surface area contributed by atoms with Crippen molar-refractivity contribution in [2.45, 2.75) is 18.0 Å². The van der Waals surface area contributed by atoms with E-state index < -0.39 is 24.1 Å². The van der Waals surface area contributed by atoms with Gasteiger partial charge >= 0.3 is 12.1 Å². The second kappa shape index (κ2) is 7.04. The van der Waals surface area contributed by atoms with Crippen LogP contribution in [0.5, 0.6) is 0 Å². The Morgan fingerprint density at radius 3 is 2.30 bits per heavy atom. The summed E-state index contributed by atoms with van der Waals surface area (Å²) in [6, 6.07) is 6.45. The summed E-state index contributed by atoms with van der Waals surface area (Å²) in [6.07, 6.45) is -4.78. The minimum atomic E-state index is -4.55. The number of benzene rings is 1. The third kappa shape index (κ3) is 3.68. The van der Waals surface area contributed by atoms with Crippen LogP contribution in [-0.4, -0.2) is 35.3 Å². The van der Waals surface area contributed by atoms with Gasteiger partial charge in [0.25, 0.3) is 0 Å². The maximum absolute atomic E-state index is 14.1. The topological polar surface area (TPSA) is 53.4 Å². The van der Waals surface area contributed by atoms with Crippen LogP contribution in [0.4, 0.5) is 19.0 Å². The quantitative estimate of drug-likeness (QED) is 0.646. The maximum atomic E-state index is 14.1. The molecule has 0 spiro atoms. The Labute approximate surface area is 167 Å². The molecule has 0 amide bonds. The Morgan fingerprint density at radius 1 is 1.15 bits per heavy atom. The van der Waals surface area contributed by atoms with Gasteiger partial charge in [0.05, 0.1) is 5.56 Å². The third-order valence-electron chi connectivity index (χ3n) is 4.62. The molecule has 0 radical (unpaired) electrons. The molecule has 4 nitrogen and oxygen atoms in total. The van der Waals surface area contributed by atoms with Gasteiger partial charge in [-0.3, -0.25) is 0 Å².